The van der Waals surface area contributed by atoms with E-state index in [1.54, 1.807) is 18.5 Å². The molecule has 0 fully saturated rings. The van der Waals surface area contributed by atoms with Crippen LogP contribution in [0.2, 0.25) is 0 Å². The molecule has 0 unspecified atom stereocenters. The van der Waals surface area contributed by atoms with Crippen LogP contribution in [0.1, 0.15) is 37.5 Å². The summed E-state index contributed by atoms with van der Waals surface area (Å²) in [7, 11) is 0. The summed E-state index contributed by atoms with van der Waals surface area (Å²) in [5, 5.41) is 0. The maximum Gasteiger partial charge on any atom is 0.283 e. The maximum atomic E-state index is 6.11. The molecule has 3 aromatic rings. The highest BCUT2D eigenvalue weighted by Gasteiger charge is 2.48. The Labute approximate surface area is 186 Å². The Morgan fingerprint density at radius 2 is 1.97 bits per heavy atom. The molecule has 1 spiro atoms. The van der Waals surface area contributed by atoms with Gasteiger partial charge in [-0.1, -0.05) is 17.9 Å². The summed E-state index contributed by atoms with van der Waals surface area (Å²) < 4.78 is 17.7. The summed E-state index contributed by atoms with van der Waals surface area (Å²) in [4.78, 5) is 13.4. The van der Waals surface area contributed by atoms with Crippen molar-refractivity contribution in [1.82, 2.24) is 9.97 Å². The molecule has 0 radical (unpaired) electrons. The van der Waals surface area contributed by atoms with Crippen LogP contribution < -0.4 is 15.2 Å². The number of hydrogen-bond donors (Lipinski definition) is 1. The predicted octanol–water partition coefficient (Wildman–Crippen LogP) is 4.36. The van der Waals surface area contributed by atoms with Crippen molar-refractivity contribution in [2.24, 2.45) is 16.1 Å². The fourth-order valence-electron chi connectivity index (χ4n) is 3.63. The van der Waals surface area contributed by atoms with Crippen molar-refractivity contribution in [2.75, 3.05) is 6.61 Å². The molecule has 0 bridgehead atoms. The smallest absolute Gasteiger partial charge is 0.283 e. The average molecular weight is 426 g/mol. The van der Waals surface area contributed by atoms with Gasteiger partial charge in [0.15, 0.2) is 5.54 Å². The van der Waals surface area contributed by atoms with Crippen molar-refractivity contribution in [3.05, 3.63) is 71.5 Å². The lowest BCUT2D eigenvalue weighted by atomic mass is 9.82. The minimum Gasteiger partial charge on any atom is -0.462 e. The highest BCUT2D eigenvalue weighted by atomic mass is 16.5. The van der Waals surface area contributed by atoms with E-state index in [0.717, 1.165) is 16.7 Å². The summed E-state index contributed by atoms with van der Waals surface area (Å²) in [6, 6.07) is 13.1. The van der Waals surface area contributed by atoms with E-state index in [2.05, 4.69) is 42.6 Å². The van der Waals surface area contributed by atoms with E-state index in [1.807, 2.05) is 36.4 Å². The summed E-state index contributed by atoms with van der Waals surface area (Å²) in [5.74, 6) is 8.61. The number of amidine groups is 1. The van der Waals surface area contributed by atoms with Gasteiger partial charge >= 0.3 is 0 Å². The molecule has 5 rings (SSSR count). The number of ether oxygens (including phenoxy) is 3. The molecular formula is C25H22N4O3. The van der Waals surface area contributed by atoms with Crippen LogP contribution >= 0.6 is 0 Å². The van der Waals surface area contributed by atoms with Crippen LogP contribution in [-0.4, -0.2) is 22.6 Å². The quantitative estimate of drug-likeness (QED) is 0.612. The first-order valence-electron chi connectivity index (χ1n) is 10.3. The fourth-order valence-corrected chi connectivity index (χ4v) is 3.63. The van der Waals surface area contributed by atoms with Crippen LogP contribution in [0.5, 0.6) is 23.3 Å². The van der Waals surface area contributed by atoms with Crippen LogP contribution in [0.4, 0.5) is 0 Å². The van der Waals surface area contributed by atoms with Gasteiger partial charge in [-0.05, 0) is 51.1 Å². The van der Waals surface area contributed by atoms with E-state index in [0.29, 0.717) is 23.3 Å². The van der Waals surface area contributed by atoms with Gasteiger partial charge in [0.05, 0.1) is 5.56 Å². The largest absolute Gasteiger partial charge is 0.462 e. The molecule has 2 aliphatic heterocycles. The average Bonchev–Trinajstić information content (AvgIpc) is 3.16. The summed E-state index contributed by atoms with van der Waals surface area (Å²) in [6.07, 6.45) is 3.38. The van der Waals surface area contributed by atoms with Crippen molar-refractivity contribution in [3.63, 3.8) is 0 Å². The van der Waals surface area contributed by atoms with Crippen LogP contribution in [0.25, 0.3) is 0 Å². The van der Waals surface area contributed by atoms with Gasteiger partial charge in [-0.3, -0.25) is 0 Å². The van der Waals surface area contributed by atoms with Crippen LogP contribution in [-0.2, 0) is 10.3 Å². The van der Waals surface area contributed by atoms with Gasteiger partial charge in [0.1, 0.15) is 18.1 Å². The molecule has 160 valence electrons. The van der Waals surface area contributed by atoms with Gasteiger partial charge in [0.2, 0.25) is 11.8 Å². The first kappa shape index (κ1) is 19.9. The number of rotatable bonds is 2. The van der Waals surface area contributed by atoms with E-state index < -0.39 is 5.54 Å². The van der Waals surface area contributed by atoms with Crippen molar-refractivity contribution in [2.45, 2.75) is 26.3 Å². The highest BCUT2D eigenvalue weighted by Crippen LogP contribution is 2.51. The maximum absolute atomic E-state index is 6.11. The van der Waals surface area contributed by atoms with Crippen LogP contribution in [0.15, 0.2) is 59.9 Å². The first-order valence-corrected chi connectivity index (χ1v) is 10.3. The van der Waals surface area contributed by atoms with E-state index in [4.69, 9.17) is 24.9 Å². The SMILES string of the molecule is CC(C)(C)C#Cc1cnc2c(c1)[C@@]1(COC(N)=N1)c1cc(Oc3ccccn3)ccc1O2. The highest BCUT2D eigenvalue weighted by molar-refractivity contribution is 5.76. The second-order valence-corrected chi connectivity index (χ2v) is 8.71. The Morgan fingerprint density at radius 1 is 1.09 bits per heavy atom. The van der Waals surface area contributed by atoms with Gasteiger partial charge in [0, 0.05) is 35.0 Å². The minimum atomic E-state index is -0.900. The van der Waals surface area contributed by atoms with Crippen LogP contribution in [0.3, 0.4) is 0 Å². The molecule has 2 aliphatic rings. The van der Waals surface area contributed by atoms with E-state index in [-0.39, 0.29) is 18.0 Å². The zero-order valence-corrected chi connectivity index (χ0v) is 18.0. The third kappa shape index (κ3) is 3.60. The molecule has 2 aromatic heterocycles. The number of benzene rings is 1. The third-order valence-electron chi connectivity index (χ3n) is 5.07. The Hall–Kier alpha value is -4.05. The summed E-state index contributed by atoms with van der Waals surface area (Å²) in [6.45, 7) is 6.41. The third-order valence-corrected chi connectivity index (χ3v) is 5.07. The van der Waals surface area contributed by atoms with Crippen molar-refractivity contribution < 1.29 is 14.2 Å². The standard InChI is InChI=1S/C25H22N4O3/c1-24(2,3)10-9-16-12-19-22(28-14-16)32-20-8-7-17(31-21-6-4-5-11-27-21)13-18(20)25(19)15-30-23(26)29-25/h4-8,11-14H,15H2,1-3H3,(H2,26,29)/t25-/m1/s1. The van der Waals surface area contributed by atoms with E-state index in [9.17, 15) is 0 Å². The second kappa shape index (κ2) is 7.27. The number of hydrogen-bond acceptors (Lipinski definition) is 7. The fraction of sp³-hybridized carbons (Fsp3) is 0.240. The monoisotopic (exact) mass is 426 g/mol. The summed E-state index contributed by atoms with van der Waals surface area (Å²) in [5.41, 5.74) is 7.24. The lowest BCUT2D eigenvalue weighted by Crippen LogP contribution is -2.31. The molecule has 0 saturated heterocycles. The molecule has 0 aliphatic carbocycles. The molecule has 1 aromatic carbocycles. The number of nitrogens with zero attached hydrogens (tertiary/aromatic N) is 3. The van der Waals surface area contributed by atoms with Gasteiger partial charge in [-0.25, -0.2) is 15.0 Å². The van der Waals surface area contributed by atoms with Crippen LogP contribution in [0, 0.1) is 17.3 Å². The topological polar surface area (TPSA) is 91.9 Å². The van der Waals surface area contributed by atoms with E-state index >= 15 is 0 Å². The molecule has 0 saturated carbocycles. The number of aliphatic imine (C=N–C) groups is 1. The second-order valence-electron chi connectivity index (χ2n) is 8.71. The zero-order chi connectivity index (χ0) is 22.3. The molecule has 7 nitrogen and oxygen atoms in total. The molecule has 1 atom stereocenters. The van der Waals surface area contributed by atoms with Gasteiger partial charge < -0.3 is 19.9 Å². The lowest BCUT2D eigenvalue weighted by Gasteiger charge is -2.32. The Bertz CT molecular complexity index is 1290. The van der Waals surface area contributed by atoms with Crippen molar-refractivity contribution in [1.29, 1.82) is 0 Å². The summed E-state index contributed by atoms with van der Waals surface area (Å²) >= 11 is 0. The lowest BCUT2D eigenvalue weighted by molar-refractivity contribution is 0.262. The normalized spacial score (nSPS) is 18.4. The van der Waals surface area contributed by atoms with Crippen molar-refractivity contribution in [3.8, 4) is 35.1 Å². The Morgan fingerprint density at radius 3 is 2.69 bits per heavy atom. The van der Waals surface area contributed by atoms with Crippen molar-refractivity contribution >= 4 is 6.02 Å². The molecule has 0 amide bonds. The van der Waals surface area contributed by atoms with Gasteiger partial charge in [-0.2, -0.15) is 0 Å². The Balaban J connectivity index is 1.62. The molecular weight excluding hydrogens is 404 g/mol. The zero-order valence-electron chi connectivity index (χ0n) is 18.0. The molecule has 2 N–H and O–H groups in total. The predicted molar refractivity (Wildman–Crippen MR) is 120 cm³/mol. The molecule has 4 heterocycles. The Kier molecular flexibility index (Phi) is 4.52. The number of pyridine rings is 2. The first-order chi connectivity index (χ1) is 15.3. The number of aromatic nitrogens is 2. The molecule has 32 heavy (non-hydrogen) atoms. The van der Waals surface area contributed by atoms with E-state index in [1.165, 1.54) is 0 Å². The molecule has 7 heteroatoms. The number of nitrogens with two attached hydrogens (primary N) is 1. The number of fused-ring (bicyclic) bond motifs is 4. The van der Waals surface area contributed by atoms with Gasteiger partial charge in [-0.15, -0.1) is 0 Å². The minimum absolute atomic E-state index is 0.117. The van der Waals surface area contributed by atoms with Gasteiger partial charge in [0.25, 0.3) is 6.02 Å².